The quantitative estimate of drug-likeness (QED) is 0.877. The Labute approximate surface area is 106 Å². The fraction of sp³-hybridized carbons (Fsp3) is 0.214. The van der Waals surface area contributed by atoms with Crippen LogP contribution < -0.4 is 10.1 Å². The third-order valence-corrected chi connectivity index (χ3v) is 2.35. The maximum atomic E-state index is 5.63. The van der Waals surface area contributed by atoms with E-state index in [0.717, 1.165) is 17.0 Å². The van der Waals surface area contributed by atoms with E-state index in [2.05, 4.69) is 10.3 Å². The van der Waals surface area contributed by atoms with Gasteiger partial charge in [0.1, 0.15) is 12.0 Å². The Kier molecular flexibility index (Phi) is 4.15. The van der Waals surface area contributed by atoms with Crippen molar-refractivity contribution >= 4 is 6.08 Å². The Bertz CT molecular complexity index is 532. The van der Waals surface area contributed by atoms with Gasteiger partial charge in [0.05, 0.1) is 5.69 Å². The van der Waals surface area contributed by atoms with Crippen LogP contribution in [0.2, 0.25) is 0 Å². The van der Waals surface area contributed by atoms with Gasteiger partial charge in [0.25, 0.3) is 0 Å². The van der Waals surface area contributed by atoms with Gasteiger partial charge in [0.15, 0.2) is 0 Å². The summed E-state index contributed by atoms with van der Waals surface area (Å²) in [5.41, 5.74) is 1.81. The van der Waals surface area contributed by atoms with Gasteiger partial charge >= 0.3 is 6.08 Å². The zero-order chi connectivity index (χ0) is 12.8. The zero-order valence-corrected chi connectivity index (χ0v) is 10.5. The van der Waals surface area contributed by atoms with Crippen molar-refractivity contribution in [2.24, 2.45) is 0 Å². The molecule has 1 N–H and O–H groups in total. The van der Waals surface area contributed by atoms with E-state index < -0.39 is 0 Å². The molecule has 1 heterocycles. The van der Waals surface area contributed by atoms with Crippen molar-refractivity contribution in [1.82, 2.24) is 10.3 Å². The molecule has 0 saturated heterocycles. The predicted molar refractivity (Wildman–Crippen MR) is 70.5 cm³/mol. The first-order valence-corrected chi connectivity index (χ1v) is 5.82. The Morgan fingerprint density at radius 2 is 2.22 bits per heavy atom. The van der Waals surface area contributed by atoms with Crippen LogP contribution in [0.25, 0.3) is 6.08 Å². The maximum absolute atomic E-state index is 5.63. The van der Waals surface area contributed by atoms with Crippen LogP contribution in [0.3, 0.4) is 0 Å². The second kappa shape index (κ2) is 6.02. The molecule has 1 aromatic carbocycles. The first-order chi connectivity index (χ1) is 8.83. The summed E-state index contributed by atoms with van der Waals surface area (Å²) in [5, 5.41) is 3.00. The standard InChI is InChI=1S/C14H16N2O2/c1-3-6-11-7-4-5-8-13(11)18-14-16-12(9-15-2)10-17-14/h3-8,10,15H,9H2,1-2H3/b6-3+. The first kappa shape index (κ1) is 12.4. The van der Waals surface area contributed by atoms with Crippen LogP contribution in [-0.2, 0) is 6.54 Å². The largest absolute Gasteiger partial charge is 0.417 e. The van der Waals surface area contributed by atoms with E-state index in [1.54, 1.807) is 6.26 Å². The van der Waals surface area contributed by atoms with Crippen LogP contribution in [0.15, 0.2) is 41.0 Å². The van der Waals surface area contributed by atoms with Gasteiger partial charge in [-0.2, -0.15) is 4.98 Å². The molecule has 4 heteroatoms. The number of aromatic nitrogens is 1. The molecule has 1 aromatic heterocycles. The Balaban J connectivity index is 2.17. The minimum atomic E-state index is 0.261. The minimum absolute atomic E-state index is 0.261. The number of allylic oxidation sites excluding steroid dienone is 1. The van der Waals surface area contributed by atoms with Crippen molar-refractivity contribution in [3.8, 4) is 11.8 Å². The summed E-state index contributed by atoms with van der Waals surface area (Å²) in [7, 11) is 1.86. The number of nitrogens with zero attached hydrogens (tertiary/aromatic N) is 1. The van der Waals surface area contributed by atoms with Gasteiger partial charge in [0, 0.05) is 12.1 Å². The third-order valence-electron chi connectivity index (χ3n) is 2.35. The molecule has 4 nitrogen and oxygen atoms in total. The van der Waals surface area contributed by atoms with Gasteiger partial charge in [-0.1, -0.05) is 30.4 Å². The summed E-state index contributed by atoms with van der Waals surface area (Å²) in [6.07, 6.45) is 5.79. The van der Waals surface area contributed by atoms with Crippen molar-refractivity contribution in [1.29, 1.82) is 0 Å². The Morgan fingerprint density at radius 3 is 3.00 bits per heavy atom. The lowest BCUT2D eigenvalue weighted by Crippen LogP contribution is -2.04. The Hall–Kier alpha value is -2.07. The molecule has 0 bridgehead atoms. The van der Waals surface area contributed by atoms with Gasteiger partial charge in [-0.05, 0) is 20.0 Å². The lowest BCUT2D eigenvalue weighted by molar-refractivity contribution is 0.330. The first-order valence-electron chi connectivity index (χ1n) is 5.82. The lowest BCUT2D eigenvalue weighted by Gasteiger charge is -2.04. The van der Waals surface area contributed by atoms with E-state index in [9.17, 15) is 0 Å². The van der Waals surface area contributed by atoms with Gasteiger partial charge in [0.2, 0.25) is 0 Å². The molecular weight excluding hydrogens is 228 g/mol. The number of rotatable bonds is 5. The molecule has 18 heavy (non-hydrogen) atoms. The molecular formula is C14H16N2O2. The molecule has 0 radical (unpaired) electrons. The normalized spacial score (nSPS) is 11.0. The second-order valence-electron chi connectivity index (χ2n) is 3.77. The van der Waals surface area contributed by atoms with Crippen LogP contribution in [0.5, 0.6) is 11.8 Å². The summed E-state index contributed by atoms with van der Waals surface area (Å²) in [4.78, 5) is 4.22. The van der Waals surface area contributed by atoms with Crippen molar-refractivity contribution in [3.63, 3.8) is 0 Å². The smallest absolute Gasteiger partial charge is 0.399 e. The van der Waals surface area contributed by atoms with Crippen LogP contribution in [0.1, 0.15) is 18.2 Å². The van der Waals surface area contributed by atoms with E-state index in [-0.39, 0.29) is 6.08 Å². The fourth-order valence-electron chi connectivity index (χ4n) is 1.58. The molecule has 0 saturated carbocycles. The number of benzene rings is 1. The van der Waals surface area contributed by atoms with E-state index in [0.29, 0.717) is 6.54 Å². The fourth-order valence-corrected chi connectivity index (χ4v) is 1.58. The highest BCUT2D eigenvalue weighted by molar-refractivity contribution is 5.57. The SMILES string of the molecule is C/C=C/c1ccccc1Oc1nc(CNC)co1. The zero-order valence-electron chi connectivity index (χ0n) is 10.5. The molecule has 0 spiro atoms. The van der Waals surface area contributed by atoms with Gasteiger partial charge in [-0.15, -0.1) is 0 Å². The second-order valence-corrected chi connectivity index (χ2v) is 3.77. The maximum Gasteiger partial charge on any atom is 0.399 e. The van der Waals surface area contributed by atoms with E-state index in [4.69, 9.17) is 9.15 Å². The van der Waals surface area contributed by atoms with Crippen LogP contribution in [0.4, 0.5) is 0 Å². The molecule has 0 atom stereocenters. The molecule has 0 unspecified atom stereocenters. The Morgan fingerprint density at radius 1 is 1.39 bits per heavy atom. The summed E-state index contributed by atoms with van der Waals surface area (Å²) in [6.45, 7) is 2.62. The predicted octanol–water partition coefficient (Wildman–Crippen LogP) is 3.22. The summed E-state index contributed by atoms with van der Waals surface area (Å²) in [6, 6.07) is 7.74. The number of oxazole rings is 1. The molecule has 2 aromatic rings. The van der Waals surface area contributed by atoms with Gasteiger partial charge in [-0.3, -0.25) is 0 Å². The highest BCUT2D eigenvalue weighted by Crippen LogP contribution is 2.25. The third kappa shape index (κ3) is 2.99. The summed E-state index contributed by atoms with van der Waals surface area (Å²) < 4.78 is 10.9. The monoisotopic (exact) mass is 244 g/mol. The number of nitrogens with one attached hydrogen (secondary N) is 1. The van der Waals surface area contributed by atoms with Crippen LogP contribution >= 0.6 is 0 Å². The molecule has 2 rings (SSSR count). The van der Waals surface area contributed by atoms with Crippen LogP contribution in [-0.4, -0.2) is 12.0 Å². The summed E-state index contributed by atoms with van der Waals surface area (Å²) in [5.74, 6) is 0.730. The molecule has 0 aliphatic carbocycles. The highest BCUT2D eigenvalue weighted by atomic mass is 16.6. The minimum Gasteiger partial charge on any atom is -0.417 e. The van der Waals surface area contributed by atoms with Crippen molar-refractivity contribution in [2.45, 2.75) is 13.5 Å². The van der Waals surface area contributed by atoms with E-state index in [1.807, 2.05) is 50.4 Å². The van der Waals surface area contributed by atoms with E-state index >= 15 is 0 Å². The number of para-hydroxylation sites is 1. The topological polar surface area (TPSA) is 47.3 Å². The summed E-state index contributed by atoms with van der Waals surface area (Å²) >= 11 is 0. The lowest BCUT2D eigenvalue weighted by atomic mass is 10.2. The molecule has 0 aliphatic heterocycles. The van der Waals surface area contributed by atoms with E-state index in [1.165, 1.54) is 0 Å². The van der Waals surface area contributed by atoms with Gasteiger partial charge in [-0.25, -0.2) is 0 Å². The van der Waals surface area contributed by atoms with Crippen molar-refractivity contribution in [3.05, 3.63) is 47.9 Å². The average molecular weight is 244 g/mol. The van der Waals surface area contributed by atoms with Crippen molar-refractivity contribution < 1.29 is 9.15 Å². The number of hydrogen-bond acceptors (Lipinski definition) is 4. The van der Waals surface area contributed by atoms with Crippen molar-refractivity contribution in [2.75, 3.05) is 7.05 Å². The molecule has 94 valence electrons. The molecule has 0 fully saturated rings. The average Bonchev–Trinajstić information content (AvgIpc) is 2.80. The molecule has 0 amide bonds. The number of ether oxygens (including phenoxy) is 1. The van der Waals surface area contributed by atoms with Gasteiger partial charge < -0.3 is 14.5 Å². The van der Waals surface area contributed by atoms with Crippen LogP contribution in [0, 0.1) is 0 Å². The highest BCUT2D eigenvalue weighted by Gasteiger charge is 2.07. The molecule has 0 aliphatic rings. The number of hydrogen-bond donors (Lipinski definition) is 1.